The molecule has 0 aliphatic carbocycles. The molecule has 120 valence electrons. The molecule has 1 aromatic rings. The summed E-state index contributed by atoms with van der Waals surface area (Å²) in [7, 11) is -3.08. The molecule has 2 N–H and O–H groups in total. The van der Waals surface area contributed by atoms with Crippen molar-refractivity contribution < 1.29 is 27.9 Å². The van der Waals surface area contributed by atoms with Crippen LogP contribution in [0.4, 0.5) is 0 Å². The topological polar surface area (TPSA) is 110 Å². The third-order valence-corrected chi connectivity index (χ3v) is 5.07. The highest BCUT2D eigenvalue weighted by molar-refractivity contribution is 7.91. The highest BCUT2D eigenvalue weighted by atomic mass is 32.2. The molecule has 0 aromatic heterocycles. The van der Waals surface area contributed by atoms with Crippen molar-refractivity contribution in [3.8, 4) is 5.75 Å². The van der Waals surface area contributed by atoms with Gasteiger partial charge in [0, 0.05) is 6.04 Å². The van der Waals surface area contributed by atoms with Crippen molar-refractivity contribution in [3.63, 3.8) is 0 Å². The van der Waals surface area contributed by atoms with Gasteiger partial charge in [-0.1, -0.05) is 11.6 Å². The number of ether oxygens (including phenoxy) is 1. The maximum atomic E-state index is 11.8. The number of benzene rings is 1. The zero-order valence-electron chi connectivity index (χ0n) is 12.0. The minimum absolute atomic E-state index is 0.0174. The van der Waals surface area contributed by atoms with Crippen LogP contribution in [-0.2, 0) is 19.4 Å². The van der Waals surface area contributed by atoms with Gasteiger partial charge in [-0.15, -0.1) is 0 Å². The molecule has 0 saturated carbocycles. The van der Waals surface area contributed by atoms with Gasteiger partial charge in [-0.05, 0) is 25.5 Å². The number of hydrogen-bond acceptors (Lipinski definition) is 6. The second-order valence-corrected chi connectivity index (χ2v) is 7.49. The monoisotopic (exact) mass is 327 g/mol. The maximum Gasteiger partial charge on any atom is 0.342 e. The molecule has 0 unspecified atom stereocenters. The zero-order chi connectivity index (χ0) is 16.3. The lowest BCUT2D eigenvalue weighted by atomic mass is 10.1. The fourth-order valence-corrected chi connectivity index (χ4v) is 3.87. The number of esters is 1. The normalized spacial score (nSPS) is 19.6. The molecule has 7 nitrogen and oxygen atoms in total. The molecule has 1 fully saturated rings. The van der Waals surface area contributed by atoms with Gasteiger partial charge in [0.05, 0.1) is 11.5 Å². The number of rotatable bonds is 4. The molecule has 8 heteroatoms. The lowest BCUT2D eigenvalue weighted by Crippen LogP contribution is -2.38. The van der Waals surface area contributed by atoms with Crippen molar-refractivity contribution in [1.82, 2.24) is 5.32 Å². The van der Waals surface area contributed by atoms with Gasteiger partial charge in [0.1, 0.15) is 11.3 Å². The molecule has 1 aliphatic heterocycles. The number of phenolic OH excluding ortho intramolecular Hbond substituents is 1. The fourth-order valence-electron chi connectivity index (χ4n) is 2.20. The SMILES string of the molecule is Cc1ccc(O)c(C(=O)OCC(=O)N[C@H]2CCS(=O)(=O)C2)c1. The van der Waals surface area contributed by atoms with Gasteiger partial charge in [-0.2, -0.15) is 0 Å². The van der Waals surface area contributed by atoms with Crippen LogP contribution in [-0.4, -0.2) is 49.6 Å². The maximum absolute atomic E-state index is 11.8. The van der Waals surface area contributed by atoms with Crippen LogP contribution in [0.25, 0.3) is 0 Å². The first-order valence-electron chi connectivity index (χ1n) is 6.73. The number of amides is 1. The number of carbonyl (C=O) groups is 2. The molecule has 1 atom stereocenters. The number of aryl methyl sites for hydroxylation is 1. The molecule has 0 bridgehead atoms. The Morgan fingerprint density at radius 2 is 2.14 bits per heavy atom. The number of hydrogen-bond donors (Lipinski definition) is 2. The molecule has 1 aliphatic rings. The van der Waals surface area contributed by atoms with E-state index in [1.165, 1.54) is 12.1 Å². The molecular weight excluding hydrogens is 310 g/mol. The minimum Gasteiger partial charge on any atom is -0.507 e. The zero-order valence-corrected chi connectivity index (χ0v) is 12.9. The van der Waals surface area contributed by atoms with Crippen LogP contribution >= 0.6 is 0 Å². The van der Waals surface area contributed by atoms with E-state index in [1.807, 2.05) is 0 Å². The summed E-state index contributed by atoms with van der Waals surface area (Å²) in [5.41, 5.74) is 0.751. The summed E-state index contributed by atoms with van der Waals surface area (Å²) in [6, 6.07) is 4.02. The van der Waals surface area contributed by atoms with Gasteiger partial charge < -0.3 is 15.2 Å². The van der Waals surface area contributed by atoms with E-state index in [0.29, 0.717) is 6.42 Å². The van der Waals surface area contributed by atoms with Gasteiger partial charge in [-0.25, -0.2) is 13.2 Å². The summed E-state index contributed by atoms with van der Waals surface area (Å²) in [6.45, 7) is 1.23. The standard InChI is InChI=1S/C14H17NO6S/c1-9-2-3-12(16)11(6-9)14(18)21-7-13(17)15-10-4-5-22(19,20)8-10/h2-3,6,10,16H,4-5,7-8H2,1H3,(H,15,17)/t10-/m0/s1. The first-order valence-corrected chi connectivity index (χ1v) is 8.55. The number of nitrogens with one attached hydrogen (secondary N) is 1. The van der Waals surface area contributed by atoms with Crippen molar-refractivity contribution in [2.75, 3.05) is 18.1 Å². The smallest absolute Gasteiger partial charge is 0.342 e. The minimum atomic E-state index is -3.08. The van der Waals surface area contributed by atoms with E-state index in [0.717, 1.165) is 5.56 Å². The molecule has 1 aromatic carbocycles. The Morgan fingerprint density at radius 3 is 2.77 bits per heavy atom. The Bertz CT molecular complexity index is 697. The largest absolute Gasteiger partial charge is 0.507 e. The van der Waals surface area contributed by atoms with Crippen molar-refractivity contribution in [2.24, 2.45) is 0 Å². The summed E-state index contributed by atoms with van der Waals surface area (Å²) in [6.07, 6.45) is 0.362. The molecule has 0 radical (unpaired) electrons. The van der Waals surface area contributed by atoms with Crippen molar-refractivity contribution >= 4 is 21.7 Å². The molecule has 1 amide bonds. The number of phenols is 1. The van der Waals surface area contributed by atoms with Crippen LogP contribution in [0.5, 0.6) is 5.75 Å². The summed E-state index contributed by atoms with van der Waals surface area (Å²) < 4.78 is 27.4. The second-order valence-electron chi connectivity index (χ2n) is 5.26. The lowest BCUT2D eigenvalue weighted by Gasteiger charge is -2.11. The van der Waals surface area contributed by atoms with E-state index in [9.17, 15) is 23.1 Å². The quantitative estimate of drug-likeness (QED) is 0.762. The predicted octanol–water partition coefficient (Wildman–Crippen LogP) is 0.161. The van der Waals surface area contributed by atoms with E-state index >= 15 is 0 Å². The Hall–Kier alpha value is -2.09. The van der Waals surface area contributed by atoms with E-state index < -0.39 is 34.4 Å². The first-order chi connectivity index (χ1) is 10.3. The molecule has 0 spiro atoms. The Kier molecular flexibility index (Phi) is 4.70. The van der Waals surface area contributed by atoms with E-state index in [1.54, 1.807) is 13.0 Å². The van der Waals surface area contributed by atoms with Crippen LogP contribution in [0.2, 0.25) is 0 Å². The molecule has 1 heterocycles. The van der Waals surface area contributed by atoms with Crippen molar-refractivity contribution in [1.29, 1.82) is 0 Å². The van der Waals surface area contributed by atoms with Gasteiger partial charge in [0.2, 0.25) is 0 Å². The van der Waals surface area contributed by atoms with Gasteiger partial charge in [0.15, 0.2) is 16.4 Å². The molecule has 22 heavy (non-hydrogen) atoms. The van der Waals surface area contributed by atoms with Crippen molar-refractivity contribution in [3.05, 3.63) is 29.3 Å². The van der Waals surface area contributed by atoms with Crippen LogP contribution in [0.15, 0.2) is 18.2 Å². The van der Waals surface area contributed by atoms with Crippen LogP contribution in [0, 0.1) is 6.92 Å². The van der Waals surface area contributed by atoms with Gasteiger partial charge in [-0.3, -0.25) is 4.79 Å². The second kappa shape index (κ2) is 6.35. The summed E-state index contributed by atoms with van der Waals surface area (Å²) >= 11 is 0. The highest BCUT2D eigenvalue weighted by Crippen LogP contribution is 2.19. The molecular formula is C14H17NO6S. The molecule has 2 rings (SSSR count). The lowest BCUT2D eigenvalue weighted by molar-refractivity contribution is -0.124. The van der Waals surface area contributed by atoms with E-state index in [4.69, 9.17) is 4.74 Å². The Morgan fingerprint density at radius 1 is 1.41 bits per heavy atom. The average molecular weight is 327 g/mol. The Balaban J connectivity index is 1.86. The highest BCUT2D eigenvalue weighted by Gasteiger charge is 2.29. The third-order valence-electron chi connectivity index (χ3n) is 3.30. The van der Waals surface area contributed by atoms with Crippen LogP contribution < -0.4 is 5.32 Å². The summed E-state index contributed by atoms with van der Waals surface area (Å²) in [5.74, 6) is -1.64. The summed E-state index contributed by atoms with van der Waals surface area (Å²) in [4.78, 5) is 23.5. The average Bonchev–Trinajstić information content (AvgIpc) is 2.78. The predicted molar refractivity (Wildman–Crippen MR) is 78.3 cm³/mol. The Labute approximate surface area is 128 Å². The van der Waals surface area contributed by atoms with Crippen LogP contribution in [0.3, 0.4) is 0 Å². The van der Waals surface area contributed by atoms with Gasteiger partial charge in [0.25, 0.3) is 5.91 Å². The fraction of sp³-hybridized carbons (Fsp3) is 0.429. The van der Waals surface area contributed by atoms with Crippen LogP contribution in [0.1, 0.15) is 22.3 Å². The van der Waals surface area contributed by atoms with Crippen molar-refractivity contribution in [2.45, 2.75) is 19.4 Å². The van der Waals surface area contributed by atoms with Gasteiger partial charge >= 0.3 is 5.97 Å². The first kappa shape index (κ1) is 16.3. The van der Waals surface area contributed by atoms with E-state index in [-0.39, 0.29) is 22.8 Å². The third kappa shape index (κ3) is 4.20. The van der Waals surface area contributed by atoms with E-state index in [2.05, 4.69) is 5.32 Å². The summed E-state index contributed by atoms with van der Waals surface area (Å²) in [5, 5.41) is 12.1. The number of sulfone groups is 1. The number of carbonyl (C=O) groups excluding carboxylic acids is 2. The molecule has 1 saturated heterocycles. The number of aromatic hydroxyl groups is 1.